The second-order valence-corrected chi connectivity index (χ2v) is 14.1. The highest BCUT2D eigenvalue weighted by atomic mass is 35.5. The fourth-order valence-corrected chi connectivity index (χ4v) is 7.76. The zero-order valence-corrected chi connectivity index (χ0v) is 28.4. The van der Waals surface area contributed by atoms with E-state index in [1.165, 1.54) is 12.5 Å². The van der Waals surface area contributed by atoms with Gasteiger partial charge < -0.3 is 21.1 Å². The highest BCUT2D eigenvalue weighted by Gasteiger charge is 2.48. The number of nitriles is 1. The zero-order valence-electron chi connectivity index (χ0n) is 26.8. The summed E-state index contributed by atoms with van der Waals surface area (Å²) in [5.41, 5.74) is 5.95. The van der Waals surface area contributed by atoms with Gasteiger partial charge in [-0.05, 0) is 57.2 Å². The number of rotatable bonds is 12. The molecule has 6 rings (SSSR count). The van der Waals surface area contributed by atoms with Gasteiger partial charge in [0.15, 0.2) is 11.6 Å². The van der Waals surface area contributed by atoms with Crippen molar-refractivity contribution in [2.24, 2.45) is 4.99 Å². The summed E-state index contributed by atoms with van der Waals surface area (Å²) in [4.78, 5) is 15.2. The number of aliphatic imine (C=N–C) groups is 1. The minimum atomic E-state index is -1.67. The van der Waals surface area contributed by atoms with E-state index in [1.807, 2.05) is 11.0 Å². The molecule has 2 aromatic heterocycles. The predicted octanol–water partition coefficient (Wildman–Crippen LogP) is 7.68. The maximum Gasteiger partial charge on any atom is 0.319 e. The van der Waals surface area contributed by atoms with Gasteiger partial charge in [-0.25, -0.2) is 8.78 Å². The van der Waals surface area contributed by atoms with Gasteiger partial charge in [0.25, 0.3) is 6.08 Å². The number of ether oxygens (including phenoxy) is 1. The number of hydrogen-bond acceptors (Lipinski definition) is 10. The number of hydrogen-bond donors (Lipinski definition) is 3. The molecule has 258 valence electrons. The molecule has 3 fully saturated rings. The van der Waals surface area contributed by atoms with Gasteiger partial charge in [0.1, 0.15) is 29.0 Å². The average Bonchev–Trinajstić information content (AvgIpc) is 3.73. The first-order chi connectivity index (χ1) is 23.5. The molecule has 15 heteroatoms. The van der Waals surface area contributed by atoms with Crippen LogP contribution in [0.1, 0.15) is 67.0 Å². The summed E-state index contributed by atoms with van der Waals surface area (Å²) < 4.78 is 64.6. The number of anilines is 2. The molecule has 4 heterocycles. The molecule has 0 bridgehead atoms. The van der Waals surface area contributed by atoms with Gasteiger partial charge in [-0.3, -0.25) is 9.89 Å². The maximum absolute atomic E-state index is 16.5. The van der Waals surface area contributed by atoms with E-state index < -0.39 is 23.3 Å². The Labute approximate surface area is 290 Å². The third-order valence-corrected chi connectivity index (χ3v) is 10.7. The Morgan fingerprint density at radius 1 is 1.31 bits per heavy atom. The van der Waals surface area contributed by atoms with Gasteiger partial charge in [0.2, 0.25) is 0 Å². The van der Waals surface area contributed by atoms with Gasteiger partial charge in [-0.1, -0.05) is 24.6 Å². The average molecular weight is 715 g/mol. The van der Waals surface area contributed by atoms with E-state index in [-0.39, 0.29) is 73.9 Å². The lowest BCUT2D eigenvalue weighted by atomic mass is 9.93. The van der Waals surface area contributed by atoms with Crippen molar-refractivity contribution in [3.63, 3.8) is 0 Å². The molecule has 1 aliphatic carbocycles. The van der Waals surface area contributed by atoms with Crippen molar-refractivity contribution >= 4 is 62.3 Å². The van der Waals surface area contributed by atoms with Crippen LogP contribution in [0, 0.1) is 17.1 Å². The molecule has 0 amide bonds. The van der Waals surface area contributed by atoms with Crippen LogP contribution in [-0.2, 0) is 0 Å². The summed E-state index contributed by atoms with van der Waals surface area (Å²) in [5, 5.41) is 16.3. The molecule has 3 aliphatic rings. The Morgan fingerprint density at radius 2 is 2.10 bits per heavy atom. The van der Waals surface area contributed by atoms with Crippen LogP contribution in [0.5, 0.6) is 6.01 Å². The lowest BCUT2D eigenvalue weighted by molar-refractivity contribution is 0.108. The van der Waals surface area contributed by atoms with Crippen molar-refractivity contribution in [2.45, 2.75) is 57.0 Å². The Kier molecular flexibility index (Phi) is 10.3. The van der Waals surface area contributed by atoms with Gasteiger partial charge in [0.05, 0.1) is 38.2 Å². The van der Waals surface area contributed by atoms with Crippen LogP contribution in [0.3, 0.4) is 0 Å². The van der Waals surface area contributed by atoms with Gasteiger partial charge >= 0.3 is 6.01 Å². The normalized spacial score (nSPS) is 19.8. The molecule has 1 unspecified atom stereocenters. The molecule has 3 aromatic rings. The van der Waals surface area contributed by atoms with Crippen LogP contribution in [0.4, 0.5) is 28.4 Å². The van der Waals surface area contributed by atoms with Crippen LogP contribution in [0.15, 0.2) is 35.5 Å². The molecule has 1 saturated carbocycles. The molecule has 1 aromatic carbocycles. The highest BCUT2D eigenvalue weighted by Crippen LogP contribution is 2.44. The van der Waals surface area contributed by atoms with Crippen LogP contribution in [0.25, 0.3) is 22.3 Å². The number of nitrogens with one attached hydrogen (secondary N) is 2. The summed E-state index contributed by atoms with van der Waals surface area (Å²) in [5.74, 6) is -1.34. The van der Waals surface area contributed by atoms with E-state index in [1.54, 1.807) is 6.92 Å². The lowest BCUT2D eigenvalue weighted by Crippen LogP contribution is -2.43. The summed E-state index contributed by atoms with van der Waals surface area (Å²) in [6.07, 6.45) is 5.39. The van der Waals surface area contributed by atoms with E-state index in [0.717, 1.165) is 43.0 Å². The SMILES string of the molecule is C=C(C)c1c(Cl)c(C=N/C=C(/F)c2cc(C#N)c(N)s2)c(F)c2nc(OCC34CCCN3CC(=C(F)F)C4)nc(NCCNC3CCC3)c12. The third kappa shape index (κ3) is 7.03. The summed E-state index contributed by atoms with van der Waals surface area (Å²) in [6, 6.07) is 3.52. The lowest BCUT2D eigenvalue weighted by Gasteiger charge is -2.30. The predicted molar refractivity (Wildman–Crippen MR) is 186 cm³/mol. The second kappa shape index (κ2) is 14.4. The van der Waals surface area contributed by atoms with Gasteiger partial charge in [-0.2, -0.15) is 24.0 Å². The van der Waals surface area contributed by atoms with Crippen molar-refractivity contribution in [1.82, 2.24) is 20.2 Å². The molecule has 4 N–H and O–H groups in total. The smallest absolute Gasteiger partial charge is 0.319 e. The Hall–Kier alpha value is -4.03. The number of benzene rings is 1. The number of nitrogens with zero attached hydrogens (tertiary/aromatic N) is 5. The number of halogens is 5. The molecule has 2 saturated heterocycles. The highest BCUT2D eigenvalue weighted by molar-refractivity contribution is 7.17. The Balaban J connectivity index is 1.37. The quantitative estimate of drug-likeness (QED) is 0.0992. The monoisotopic (exact) mass is 714 g/mol. The number of nitrogens with two attached hydrogens (primary N) is 1. The fraction of sp³-hybridized carbons (Fsp3) is 0.412. The Morgan fingerprint density at radius 3 is 2.78 bits per heavy atom. The largest absolute Gasteiger partial charge is 0.461 e. The molecule has 49 heavy (non-hydrogen) atoms. The topological polar surface area (TPSA) is 124 Å². The Bertz CT molecular complexity index is 1930. The van der Waals surface area contributed by atoms with E-state index in [2.05, 4.69) is 32.2 Å². The van der Waals surface area contributed by atoms with Crippen LogP contribution in [0.2, 0.25) is 5.02 Å². The van der Waals surface area contributed by atoms with Gasteiger partial charge in [-0.15, -0.1) is 11.3 Å². The third-order valence-electron chi connectivity index (χ3n) is 9.33. The minimum absolute atomic E-state index is 0.0193. The van der Waals surface area contributed by atoms with E-state index in [9.17, 15) is 13.2 Å². The first kappa shape index (κ1) is 34.8. The van der Waals surface area contributed by atoms with Crippen LogP contribution >= 0.6 is 22.9 Å². The molecule has 9 nitrogen and oxygen atoms in total. The summed E-state index contributed by atoms with van der Waals surface area (Å²) in [6.45, 7) is 7.74. The van der Waals surface area contributed by atoms with Crippen molar-refractivity contribution in [2.75, 3.05) is 43.8 Å². The molecule has 2 aliphatic heterocycles. The van der Waals surface area contributed by atoms with E-state index in [4.69, 9.17) is 27.3 Å². The number of fused-ring (bicyclic) bond motifs is 2. The van der Waals surface area contributed by atoms with Crippen molar-refractivity contribution in [3.05, 3.63) is 62.9 Å². The van der Waals surface area contributed by atoms with Crippen LogP contribution in [-0.4, -0.2) is 65.4 Å². The fourth-order valence-electron chi connectivity index (χ4n) is 6.60. The number of thiophene rings is 1. The first-order valence-electron chi connectivity index (χ1n) is 16.0. The van der Waals surface area contributed by atoms with Crippen molar-refractivity contribution in [3.8, 4) is 12.1 Å². The number of allylic oxidation sites excluding steroid dienone is 1. The zero-order chi connectivity index (χ0) is 34.9. The van der Waals surface area contributed by atoms with E-state index in [0.29, 0.717) is 43.2 Å². The minimum Gasteiger partial charge on any atom is -0.461 e. The van der Waals surface area contributed by atoms with E-state index >= 15 is 4.39 Å². The summed E-state index contributed by atoms with van der Waals surface area (Å²) >= 11 is 7.68. The molecule has 1 atom stereocenters. The standard InChI is InChI=1S/C34H35ClF4N8OS/c1-18(2)25-26-29(28(37)22(27(25)35)14-42-15-23(36)24-11-19(13-40)31(41)49-24)45-33(46-32(26)44-9-8-43-21-5-3-6-21)48-17-34-7-4-10-47(34)16-20(12-34)30(38)39/h11,14-15,21,43H,1,3-10,12,16-17,41H2,2H3,(H,44,45,46)/b23-15+,42-14?. The second-order valence-electron chi connectivity index (χ2n) is 12.6. The maximum atomic E-state index is 16.5. The summed E-state index contributed by atoms with van der Waals surface area (Å²) in [7, 11) is 0. The van der Waals surface area contributed by atoms with Crippen molar-refractivity contribution in [1.29, 1.82) is 5.26 Å². The molecule has 0 radical (unpaired) electrons. The molecular formula is C34H35ClF4N8OS. The van der Waals surface area contributed by atoms with Crippen LogP contribution < -0.4 is 21.1 Å². The molecular weight excluding hydrogens is 680 g/mol. The van der Waals surface area contributed by atoms with Gasteiger partial charge in [0, 0.05) is 43.0 Å². The number of aromatic nitrogens is 2. The first-order valence-corrected chi connectivity index (χ1v) is 17.2. The van der Waals surface area contributed by atoms with Crippen molar-refractivity contribution < 1.29 is 22.3 Å². The molecule has 0 spiro atoms. The number of nitrogen functional groups attached to an aromatic ring is 1.